The Kier molecular flexibility index (Phi) is 5.86. The summed E-state index contributed by atoms with van der Waals surface area (Å²) in [4.78, 5) is 23.8. The van der Waals surface area contributed by atoms with Crippen LogP contribution in [0.1, 0.15) is 26.2 Å². The molecule has 0 spiro atoms. The zero-order chi connectivity index (χ0) is 16.1. The fourth-order valence-electron chi connectivity index (χ4n) is 2.21. The monoisotopic (exact) mass is 341 g/mol. The van der Waals surface area contributed by atoms with E-state index in [-0.39, 0.29) is 11.9 Å². The molecule has 0 aliphatic heterocycles. The Morgan fingerprint density at radius 1 is 1.41 bits per heavy atom. The van der Waals surface area contributed by atoms with Crippen molar-refractivity contribution < 1.29 is 14.3 Å². The van der Waals surface area contributed by atoms with Gasteiger partial charge in [-0.1, -0.05) is 35.4 Å². The summed E-state index contributed by atoms with van der Waals surface area (Å²) < 4.78 is 5.16. The minimum Gasteiger partial charge on any atom is -0.453 e. The molecule has 1 amide bonds. The third kappa shape index (κ3) is 4.75. The molecule has 1 aromatic rings. The van der Waals surface area contributed by atoms with Crippen molar-refractivity contribution >= 4 is 40.8 Å². The van der Waals surface area contributed by atoms with Crippen LogP contribution in [-0.2, 0) is 14.3 Å². The molecule has 22 heavy (non-hydrogen) atoms. The lowest BCUT2D eigenvalue weighted by atomic mass is 10.1. The number of carbonyl (C=O) groups excluding carboxylic acids is 2. The molecule has 1 N–H and O–H groups in total. The SMILES string of the molecule is C[C@@H](OC(=O)C[C@@H]1C=CCC1)C(=O)Nc1cc(Cl)ccc1Cl. The Hall–Kier alpha value is -1.52. The van der Waals surface area contributed by atoms with Gasteiger partial charge in [0.25, 0.3) is 5.91 Å². The second-order valence-corrected chi connectivity index (χ2v) is 6.06. The van der Waals surface area contributed by atoms with Gasteiger partial charge in [0.2, 0.25) is 0 Å². The summed E-state index contributed by atoms with van der Waals surface area (Å²) >= 11 is 11.8. The number of hydrogen-bond donors (Lipinski definition) is 1. The van der Waals surface area contributed by atoms with Crippen LogP contribution in [0.2, 0.25) is 10.0 Å². The summed E-state index contributed by atoms with van der Waals surface area (Å²) in [5, 5.41) is 3.43. The van der Waals surface area contributed by atoms with E-state index in [9.17, 15) is 9.59 Å². The molecular weight excluding hydrogens is 325 g/mol. The molecule has 2 atom stereocenters. The Bertz CT molecular complexity index is 601. The van der Waals surface area contributed by atoms with E-state index in [4.69, 9.17) is 27.9 Å². The fraction of sp³-hybridized carbons (Fsp3) is 0.375. The van der Waals surface area contributed by atoms with Gasteiger partial charge in [0, 0.05) is 5.02 Å². The first-order valence-corrected chi connectivity index (χ1v) is 7.83. The molecule has 1 aliphatic carbocycles. The van der Waals surface area contributed by atoms with Gasteiger partial charge in [-0.15, -0.1) is 0 Å². The average Bonchev–Trinajstić information content (AvgIpc) is 2.95. The maximum absolute atomic E-state index is 12.0. The van der Waals surface area contributed by atoms with Crippen LogP contribution >= 0.6 is 23.2 Å². The number of nitrogens with one attached hydrogen (secondary N) is 1. The van der Waals surface area contributed by atoms with Crippen molar-refractivity contribution in [1.82, 2.24) is 0 Å². The lowest BCUT2D eigenvalue weighted by Gasteiger charge is -2.15. The van der Waals surface area contributed by atoms with Crippen molar-refractivity contribution in [3.8, 4) is 0 Å². The summed E-state index contributed by atoms with van der Waals surface area (Å²) in [5.74, 6) is -0.610. The Balaban J connectivity index is 1.87. The van der Waals surface area contributed by atoms with Crippen LogP contribution in [0.5, 0.6) is 0 Å². The zero-order valence-corrected chi connectivity index (χ0v) is 13.7. The van der Waals surface area contributed by atoms with E-state index in [1.807, 2.05) is 6.08 Å². The van der Waals surface area contributed by atoms with Crippen molar-refractivity contribution in [3.63, 3.8) is 0 Å². The number of anilines is 1. The highest BCUT2D eigenvalue weighted by atomic mass is 35.5. The summed E-state index contributed by atoms with van der Waals surface area (Å²) in [6, 6.07) is 4.75. The highest BCUT2D eigenvalue weighted by Gasteiger charge is 2.21. The van der Waals surface area contributed by atoms with E-state index in [1.54, 1.807) is 18.2 Å². The third-order valence-corrected chi connectivity index (χ3v) is 3.97. The number of ether oxygens (including phenoxy) is 1. The van der Waals surface area contributed by atoms with Crippen molar-refractivity contribution in [2.24, 2.45) is 5.92 Å². The Morgan fingerprint density at radius 3 is 2.86 bits per heavy atom. The number of allylic oxidation sites excluding steroid dienone is 2. The molecule has 0 saturated heterocycles. The second-order valence-electron chi connectivity index (χ2n) is 5.22. The molecule has 0 radical (unpaired) electrons. The van der Waals surface area contributed by atoms with Gasteiger partial charge < -0.3 is 10.1 Å². The van der Waals surface area contributed by atoms with E-state index >= 15 is 0 Å². The van der Waals surface area contributed by atoms with Crippen LogP contribution in [0, 0.1) is 5.92 Å². The number of hydrogen-bond acceptors (Lipinski definition) is 3. The van der Waals surface area contributed by atoms with Gasteiger partial charge in [-0.3, -0.25) is 9.59 Å². The molecule has 2 rings (SSSR count). The van der Waals surface area contributed by atoms with Crippen LogP contribution in [0.15, 0.2) is 30.4 Å². The number of esters is 1. The quantitative estimate of drug-likeness (QED) is 0.644. The number of halogens is 2. The molecular formula is C16H17Cl2NO3. The van der Waals surface area contributed by atoms with Crippen molar-refractivity contribution in [2.45, 2.75) is 32.3 Å². The van der Waals surface area contributed by atoms with Gasteiger partial charge in [-0.05, 0) is 43.9 Å². The summed E-state index contributed by atoms with van der Waals surface area (Å²) in [6.07, 6.45) is 5.40. The highest BCUT2D eigenvalue weighted by Crippen LogP contribution is 2.26. The van der Waals surface area contributed by atoms with E-state index in [2.05, 4.69) is 11.4 Å². The largest absolute Gasteiger partial charge is 0.453 e. The molecule has 4 nitrogen and oxygen atoms in total. The van der Waals surface area contributed by atoms with Crippen molar-refractivity contribution in [1.29, 1.82) is 0 Å². The van der Waals surface area contributed by atoms with Gasteiger partial charge in [-0.25, -0.2) is 0 Å². The van der Waals surface area contributed by atoms with Gasteiger partial charge in [0.15, 0.2) is 6.10 Å². The zero-order valence-electron chi connectivity index (χ0n) is 12.1. The normalized spacial score (nSPS) is 18.0. The first-order chi connectivity index (χ1) is 10.5. The first-order valence-electron chi connectivity index (χ1n) is 7.08. The van der Waals surface area contributed by atoms with E-state index < -0.39 is 12.0 Å². The topological polar surface area (TPSA) is 55.4 Å². The maximum Gasteiger partial charge on any atom is 0.307 e. The van der Waals surface area contributed by atoms with E-state index in [0.29, 0.717) is 22.2 Å². The molecule has 0 heterocycles. The molecule has 0 aromatic heterocycles. The van der Waals surface area contributed by atoms with Crippen molar-refractivity contribution in [2.75, 3.05) is 5.32 Å². The smallest absolute Gasteiger partial charge is 0.307 e. The fourth-order valence-corrected chi connectivity index (χ4v) is 2.54. The summed E-state index contributed by atoms with van der Waals surface area (Å²) in [6.45, 7) is 1.52. The number of amides is 1. The minimum atomic E-state index is -0.895. The number of carbonyl (C=O) groups is 2. The molecule has 0 fully saturated rings. The van der Waals surface area contributed by atoms with Crippen LogP contribution in [-0.4, -0.2) is 18.0 Å². The predicted octanol–water partition coefficient (Wildman–Crippen LogP) is 4.22. The molecule has 0 saturated carbocycles. The van der Waals surface area contributed by atoms with Crippen LogP contribution < -0.4 is 5.32 Å². The second kappa shape index (κ2) is 7.65. The van der Waals surface area contributed by atoms with Gasteiger partial charge in [0.05, 0.1) is 17.1 Å². The lowest BCUT2D eigenvalue weighted by Crippen LogP contribution is -2.30. The average molecular weight is 342 g/mol. The Labute approximate surface area is 139 Å². The molecule has 0 unspecified atom stereocenters. The molecule has 0 bridgehead atoms. The number of benzene rings is 1. The first kappa shape index (κ1) is 16.8. The maximum atomic E-state index is 12.0. The third-order valence-electron chi connectivity index (χ3n) is 3.40. The molecule has 6 heteroatoms. The standard InChI is InChI=1S/C16H17Cl2NO3/c1-10(22-15(20)8-11-4-2-3-5-11)16(21)19-14-9-12(17)6-7-13(14)18/h2,4,6-7,9-11H,3,5,8H2,1H3,(H,19,21)/t10-,11-/m1/s1. The van der Waals surface area contributed by atoms with Crippen LogP contribution in [0.4, 0.5) is 5.69 Å². The van der Waals surface area contributed by atoms with E-state index in [0.717, 1.165) is 12.8 Å². The number of rotatable bonds is 5. The van der Waals surface area contributed by atoms with Crippen molar-refractivity contribution in [3.05, 3.63) is 40.4 Å². The summed E-state index contributed by atoms with van der Waals surface area (Å²) in [5.41, 5.74) is 0.390. The summed E-state index contributed by atoms with van der Waals surface area (Å²) in [7, 11) is 0. The molecule has 1 aromatic carbocycles. The van der Waals surface area contributed by atoms with Gasteiger partial charge in [-0.2, -0.15) is 0 Å². The lowest BCUT2D eigenvalue weighted by molar-refractivity contribution is -0.153. The van der Waals surface area contributed by atoms with Crippen LogP contribution in [0.3, 0.4) is 0 Å². The minimum absolute atomic E-state index is 0.213. The predicted molar refractivity (Wildman–Crippen MR) is 87.1 cm³/mol. The van der Waals surface area contributed by atoms with Crippen LogP contribution in [0.25, 0.3) is 0 Å². The van der Waals surface area contributed by atoms with Gasteiger partial charge in [0.1, 0.15) is 0 Å². The highest BCUT2D eigenvalue weighted by molar-refractivity contribution is 6.35. The molecule has 1 aliphatic rings. The van der Waals surface area contributed by atoms with E-state index in [1.165, 1.54) is 6.92 Å². The Morgan fingerprint density at radius 2 is 2.18 bits per heavy atom. The van der Waals surface area contributed by atoms with Gasteiger partial charge >= 0.3 is 5.97 Å². The molecule has 118 valence electrons.